The van der Waals surface area contributed by atoms with E-state index in [4.69, 9.17) is 4.74 Å². The minimum Gasteiger partial charge on any atom is -0.493 e. The van der Waals surface area contributed by atoms with Crippen LogP contribution >= 0.6 is 22.6 Å². The zero-order chi connectivity index (χ0) is 20.0. The predicted octanol–water partition coefficient (Wildman–Crippen LogP) is 4.39. The number of anilines is 1. The molecule has 0 unspecified atom stereocenters. The van der Waals surface area contributed by atoms with Crippen LogP contribution in [0.5, 0.6) is 5.75 Å². The lowest BCUT2D eigenvalue weighted by atomic mass is 10.0. The second kappa shape index (κ2) is 7.25. The highest BCUT2D eigenvalue weighted by Crippen LogP contribution is 2.32. The standard InChI is InChI=1S/C21H17FIN5O/c1-12-13(3-2-7-24-12)16-10-26-21(28-11-27-20(23)19(16)28)25-9-15-14-6-8-29-18(14)5-4-17(15)22/h2-5,7,10-11H,6,8-9H2,1H3,(H,25,26). The maximum Gasteiger partial charge on any atom is 0.209 e. The molecule has 29 heavy (non-hydrogen) atoms. The third-order valence-electron chi connectivity index (χ3n) is 5.18. The molecule has 5 rings (SSSR count). The molecule has 1 aliphatic heterocycles. The number of ether oxygens (including phenoxy) is 1. The Morgan fingerprint density at radius 1 is 1.21 bits per heavy atom. The molecule has 0 saturated carbocycles. The smallest absolute Gasteiger partial charge is 0.209 e. The van der Waals surface area contributed by atoms with Crippen LogP contribution in [-0.2, 0) is 13.0 Å². The highest BCUT2D eigenvalue weighted by atomic mass is 127. The number of hydrogen-bond donors (Lipinski definition) is 1. The van der Waals surface area contributed by atoms with Crippen molar-refractivity contribution >= 4 is 34.1 Å². The summed E-state index contributed by atoms with van der Waals surface area (Å²) in [4.78, 5) is 13.4. The molecular weight excluding hydrogens is 484 g/mol. The Balaban J connectivity index is 1.54. The number of hydrogen-bond acceptors (Lipinski definition) is 5. The molecule has 0 spiro atoms. The lowest BCUT2D eigenvalue weighted by Crippen LogP contribution is -2.10. The Morgan fingerprint density at radius 2 is 2.10 bits per heavy atom. The summed E-state index contributed by atoms with van der Waals surface area (Å²) < 4.78 is 22.8. The summed E-state index contributed by atoms with van der Waals surface area (Å²) in [6, 6.07) is 7.09. The Kier molecular flexibility index (Phi) is 4.57. The van der Waals surface area contributed by atoms with Crippen molar-refractivity contribution in [2.24, 2.45) is 0 Å². The van der Waals surface area contributed by atoms with Crippen LogP contribution in [-0.4, -0.2) is 26.0 Å². The number of halogens is 2. The molecule has 0 radical (unpaired) electrons. The Bertz CT molecular complexity index is 1240. The zero-order valence-electron chi connectivity index (χ0n) is 15.6. The van der Waals surface area contributed by atoms with Crippen molar-refractivity contribution in [1.82, 2.24) is 19.4 Å². The summed E-state index contributed by atoms with van der Waals surface area (Å²) in [6.45, 7) is 2.88. The second-order valence-corrected chi connectivity index (χ2v) is 7.86. The van der Waals surface area contributed by atoms with E-state index >= 15 is 0 Å². The molecule has 4 aromatic rings. The van der Waals surface area contributed by atoms with Gasteiger partial charge in [0.1, 0.15) is 21.6 Å². The molecule has 0 fully saturated rings. The number of nitrogens with one attached hydrogen (secondary N) is 1. The van der Waals surface area contributed by atoms with Crippen molar-refractivity contribution in [3.8, 4) is 16.9 Å². The van der Waals surface area contributed by atoms with E-state index in [1.54, 1.807) is 18.6 Å². The van der Waals surface area contributed by atoms with Gasteiger partial charge in [0.2, 0.25) is 5.95 Å². The maximum absolute atomic E-state index is 14.5. The fourth-order valence-corrected chi connectivity index (χ4v) is 4.42. The fraction of sp³-hybridized carbons (Fsp3) is 0.190. The van der Waals surface area contributed by atoms with Crippen molar-refractivity contribution in [3.63, 3.8) is 0 Å². The summed E-state index contributed by atoms with van der Waals surface area (Å²) in [5, 5.41) is 3.28. The highest BCUT2D eigenvalue weighted by Gasteiger charge is 2.20. The third-order valence-corrected chi connectivity index (χ3v) is 5.97. The van der Waals surface area contributed by atoms with E-state index in [0.717, 1.165) is 43.8 Å². The van der Waals surface area contributed by atoms with Crippen LogP contribution in [0.25, 0.3) is 16.6 Å². The Morgan fingerprint density at radius 3 is 2.97 bits per heavy atom. The van der Waals surface area contributed by atoms with Crippen LogP contribution in [0.2, 0.25) is 0 Å². The number of rotatable bonds is 4. The van der Waals surface area contributed by atoms with Gasteiger partial charge in [-0.3, -0.25) is 9.38 Å². The number of benzene rings is 1. The van der Waals surface area contributed by atoms with Crippen LogP contribution in [0.3, 0.4) is 0 Å². The lowest BCUT2D eigenvalue weighted by molar-refractivity contribution is 0.356. The molecule has 0 saturated heterocycles. The topological polar surface area (TPSA) is 64.3 Å². The van der Waals surface area contributed by atoms with Gasteiger partial charge in [-0.25, -0.2) is 14.4 Å². The van der Waals surface area contributed by atoms with Gasteiger partial charge in [0, 0.05) is 53.3 Å². The van der Waals surface area contributed by atoms with Gasteiger partial charge in [-0.05, 0) is 47.7 Å². The van der Waals surface area contributed by atoms with Gasteiger partial charge in [0.25, 0.3) is 0 Å². The molecule has 6 nitrogen and oxygen atoms in total. The summed E-state index contributed by atoms with van der Waals surface area (Å²) in [5.41, 5.74) is 5.40. The Hall–Kier alpha value is -2.75. The van der Waals surface area contributed by atoms with Gasteiger partial charge in [-0.15, -0.1) is 0 Å². The van der Waals surface area contributed by atoms with Gasteiger partial charge in [0.15, 0.2) is 0 Å². The normalized spacial score (nSPS) is 12.8. The SMILES string of the molecule is Cc1ncccc1-c1cnc(NCc2c(F)ccc3c2CCO3)n2cnc(I)c12. The minimum absolute atomic E-state index is 0.235. The molecule has 8 heteroatoms. The first-order chi connectivity index (χ1) is 14.1. The average molecular weight is 501 g/mol. The second-order valence-electron chi connectivity index (χ2n) is 6.84. The number of nitrogens with zero attached hydrogens (tertiary/aromatic N) is 4. The summed E-state index contributed by atoms with van der Waals surface area (Å²) in [7, 11) is 0. The Labute approximate surface area is 180 Å². The third kappa shape index (κ3) is 3.11. The fourth-order valence-electron chi connectivity index (χ4n) is 3.75. The number of imidazole rings is 1. The van der Waals surface area contributed by atoms with Gasteiger partial charge >= 0.3 is 0 Å². The van der Waals surface area contributed by atoms with Crippen LogP contribution in [0, 0.1) is 16.4 Å². The van der Waals surface area contributed by atoms with Crippen molar-refractivity contribution in [3.05, 3.63) is 69.3 Å². The summed E-state index contributed by atoms with van der Waals surface area (Å²) in [5.74, 6) is 1.14. The van der Waals surface area contributed by atoms with Crippen LogP contribution in [0.4, 0.5) is 10.3 Å². The average Bonchev–Trinajstić information content (AvgIpc) is 3.35. The van der Waals surface area contributed by atoms with E-state index in [1.807, 2.05) is 29.7 Å². The first-order valence-corrected chi connectivity index (χ1v) is 10.3. The van der Waals surface area contributed by atoms with Crippen molar-refractivity contribution in [1.29, 1.82) is 0 Å². The largest absolute Gasteiger partial charge is 0.493 e. The van der Waals surface area contributed by atoms with Gasteiger partial charge in [-0.2, -0.15) is 0 Å². The predicted molar refractivity (Wildman–Crippen MR) is 117 cm³/mol. The molecular formula is C21H17FIN5O. The monoisotopic (exact) mass is 501 g/mol. The van der Waals surface area contributed by atoms with Gasteiger partial charge in [-0.1, -0.05) is 6.07 Å². The van der Waals surface area contributed by atoms with Gasteiger partial charge < -0.3 is 10.1 Å². The van der Waals surface area contributed by atoms with Crippen LogP contribution in [0.15, 0.2) is 43.0 Å². The van der Waals surface area contributed by atoms with E-state index in [9.17, 15) is 4.39 Å². The molecule has 0 amide bonds. The molecule has 4 heterocycles. The van der Waals surface area contributed by atoms with E-state index in [1.165, 1.54) is 6.07 Å². The quantitative estimate of drug-likeness (QED) is 0.421. The molecule has 0 bridgehead atoms. The lowest BCUT2D eigenvalue weighted by Gasteiger charge is -2.14. The summed E-state index contributed by atoms with van der Waals surface area (Å²) in [6.07, 6.45) is 6.05. The number of pyridine rings is 1. The number of fused-ring (bicyclic) bond motifs is 2. The molecule has 0 atom stereocenters. The molecule has 1 aliphatic rings. The number of aryl methyl sites for hydroxylation is 1. The number of aromatic nitrogens is 4. The molecule has 146 valence electrons. The maximum atomic E-state index is 14.5. The molecule has 3 aromatic heterocycles. The first kappa shape index (κ1) is 18.3. The van der Waals surface area contributed by atoms with Crippen molar-refractivity contribution in [2.75, 3.05) is 11.9 Å². The molecule has 0 aliphatic carbocycles. The minimum atomic E-state index is -0.235. The van der Waals surface area contributed by atoms with E-state index in [-0.39, 0.29) is 5.82 Å². The van der Waals surface area contributed by atoms with E-state index in [0.29, 0.717) is 24.7 Å². The molecule has 1 N–H and O–H groups in total. The van der Waals surface area contributed by atoms with Gasteiger partial charge in [0.05, 0.1) is 12.1 Å². The zero-order valence-corrected chi connectivity index (χ0v) is 17.8. The van der Waals surface area contributed by atoms with E-state index in [2.05, 4.69) is 42.9 Å². The van der Waals surface area contributed by atoms with Crippen molar-refractivity contribution < 1.29 is 9.13 Å². The van der Waals surface area contributed by atoms with Crippen LogP contribution < -0.4 is 10.1 Å². The van der Waals surface area contributed by atoms with Crippen LogP contribution in [0.1, 0.15) is 16.8 Å². The van der Waals surface area contributed by atoms with Crippen molar-refractivity contribution in [2.45, 2.75) is 19.9 Å². The van der Waals surface area contributed by atoms with E-state index < -0.39 is 0 Å². The first-order valence-electron chi connectivity index (χ1n) is 9.24. The molecule has 1 aromatic carbocycles. The summed E-state index contributed by atoms with van der Waals surface area (Å²) >= 11 is 2.22. The highest BCUT2D eigenvalue weighted by molar-refractivity contribution is 14.1.